The van der Waals surface area contributed by atoms with Gasteiger partial charge >= 0.3 is 0 Å². The highest BCUT2D eigenvalue weighted by Gasteiger charge is 2.19. The second-order valence-electron chi connectivity index (χ2n) is 12.8. The van der Waals surface area contributed by atoms with Gasteiger partial charge in [0, 0.05) is 21.9 Å². The van der Waals surface area contributed by atoms with E-state index in [4.69, 9.17) is 14.4 Å². The first-order valence-electron chi connectivity index (χ1n) is 17.4. The smallest absolute Gasteiger partial charge is 0.161 e. The number of hydrogen-bond acceptors (Lipinski definition) is 2. The minimum absolute atomic E-state index is 0.468. The van der Waals surface area contributed by atoms with Gasteiger partial charge in [0.25, 0.3) is 0 Å². The highest BCUT2D eigenvalue weighted by Crippen LogP contribution is 2.38. The van der Waals surface area contributed by atoms with E-state index in [1.807, 2.05) is 36.4 Å². The Morgan fingerprint density at radius 1 is 0.500 bits per heavy atom. The standard InChI is InChI=1S/C48H33N3O/c1-49-48(43-29-37(41-23-12-18-34-16-6-8-20-39(34)41)30-45-46(43)42-21-9-10-24-44(42)52-45)51-47(50-31-32-13-3-2-4-14-32)36-27-25-35(26-28-36)40-22-11-17-33-15-5-7-19-38(33)40/h2-30H,1,31H2/b50-47-,51-48-. The molecule has 0 unspecified atom stereocenters. The molecule has 0 atom stereocenters. The van der Waals surface area contributed by atoms with Crippen LogP contribution < -0.4 is 0 Å². The van der Waals surface area contributed by atoms with Crippen molar-refractivity contribution in [1.29, 1.82) is 0 Å². The molecule has 0 saturated heterocycles. The van der Waals surface area contributed by atoms with Gasteiger partial charge in [-0.15, -0.1) is 0 Å². The van der Waals surface area contributed by atoms with Crippen molar-refractivity contribution in [2.45, 2.75) is 6.54 Å². The number of rotatable bonds is 6. The number of hydrogen-bond donors (Lipinski definition) is 0. The molecule has 0 bridgehead atoms. The minimum atomic E-state index is 0.468. The summed E-state index contributed by atoms with van der Waals surface area (Å²) < 4.78 is 6.50. The van der Waals surface area contributed by atoms with Gasteiger partial charge in [-0.1, -0.05) is 158 Å². The Morgan fingerprint density at radius 3 is 1.79 bits per heavy atom. The second-order valence-corrected chi connectivity index (χ2v) is 12.8. The molecule has 0 saturated carbocycles. The zero-order valence-electron chi connectivity index (χ0n) is 28.4. The van der Waals surface area contributed by atoms with Crippen LogP contribution in [0, 0.1) is 0 Å². The topological polar surface area (TPSA) is 50.2 Å². The van der Waals surface area contributed by atoms with Gasteiger partial charge in [-0.2, -0.15) is 0 Å². The largest absolute Gasteiger partial charge is 0.456 e. The van der Waals surface area contributed by atoms with E-state index in [-0.39, 0.29) is 0 Å². The molecule has 0 aliphatic carbocycles. The van der Waals surface area contributed by atoms with E-state index in [1.54, 1.807) is 0 Å². The van der Waals surface area contributed by atoms with Gasteiger partial charge in [-0.05, 0) is 74.3 Å². The summed E-state index contributed by atoms with van der Waals surface area (Å²) in [4.78, 5) is 14.9. The van der Waals surface area contributed by atoms with E-state index in [0.717, 1.165) is 60.7 Å². The molecule has 0 aliphatic rings. The molecule has 1 heterocycles. The third kappa shape index (κ3) is 5.76. The van der Waals surface area contributed by atoms with Crippen molar-refractivity contribution in [3.05, 3.63) is 193 Å². The molecule has 4 nitrogen and oxygen atoms in total. The number of amidine groups is 2. The van der Waals surface area contributed by atoms with Crippen LogP contribution in [0.4, 0.5) is 0 Å². The van der Waals surface area contributed by atoms with Crippen molar-refractivity contribution in [1.82, 2.24) is 0 Å². The third-order valence-electron chi connectivity index (χ3n) is 9.68. The molecule has 0 spiro atoms. The molecule has 9 rings (SSSR count). The third-order valence-corrected chi connectivity index (χ3v) is 9.68. The number of nitrogens with zero attached hydrogens (tertiary/aromatic N) is 3. The summed E-state index contributed by atoms with van der Waals surface area (Å²) in [6.07, 6.45) is 0. The molecule has 0 radical (unpaired) electrons. The Labute approximate surface area is 301 Å². The quantitative estimate of drug-likeness (QED) is 0.129. The van der Waals surface area contributed by atoms with E-state index in [0.29, 0.717) is 18.2 Å². The molecular formula is C48H33N3O. The summed E-state index contributed by atoms with van der Waals surface area (Å²) in [6.45, 7) is 4.51. The van der Waals surface area contributed by atoms with Crippen LogP contribution in [0.3, 0.4) is 0 Å². The molecule has 1 aromatic heterocycles. The fourth-order valence-electron chi connectivity index (χ4n) is 7.16. The molecule has 246 valence electrons. The van der Waals surface area contributed by atoms with E-state index >= 15 is 0 Å². The molecule has 0 aliphatic heterocycles. The van der Waals surface area contributed by atoms with Crippen molar-refractivity contribution in [2.24, 2.45) is 15.0 Å². The van der Waals surface area contributed by atoms with E-state index < -0.39 is 0 Å². The molecule has 0 N–H and O–H groups in total. The van der Waals surface area contributed by atoms with Crippen molar-refractivity contribution >= 4 is 61.9 Å². The molecule has 4 heteroatoms. The van der Waals surface area contributed by atoms with Gasteiger partial charge in [0.05, 0.1) is 6.54 Å². The molecule has 0 fully saturated rings. The maximum Gasteiger partial charge on any atom is 0.161 e. The molecule has 52 heavy (non-hydrogen) atoms. The molecule has 8 aromatic carbocycles. The van der Waals surface area contributed by atoms with Crippen LogP contribution in [-0.4, -0.2) is 18.4 Å². The van der Waals surface area contributed by atoms with Crippen LogP contribution >= 0.6 is 0 Å². The van der Waals surface area contributed by atoms with Crippen LogP contribution in [0.1, 0.15) is 16.7 Å². The lowest BCUT2D eigenvalue weighted by atomic mass is 9.94. The first-order valence-corrected chi connectivity index (χ1v) is 17.4. The van der Waals surface area contributed by atoms with Crippen molar-refractivity contribution < 1.29 is 4.42 Å². The number of aliphatic imine (C=N–C) groups is 3. The summed E-state index contributed by atoms with van der Waals surface area (Å²) in [5, 5.41) is 6.70. The van der Waals surface area contributed by atoms with Crippen LogP contribution in [0.2, 0.25) is 0 Å². The number of para-hydroxylation sites is 1. The highest BCUT2D eigenvalue weighted by molar-refractivity contribution is 6.23. The van der Waals surface area contributed by atoms with Crippen molar-refractivity contribution in [2.75, 3.05) is 0 Å². The Morgan fingerprint density at radius 2 is 1.10 bits per heavy atom. The van der Waals surface area contributed by atoms with E-state index in [1.165, 1.54) is 21.7 Å². The first kappa shape index (κ1) is 31.1. The van der Waals surface area contributed by atoms with Gasteiger partial charge < -0.3 is 4.42 Å². The monoisotopic (exact) mass is 667 g/mol. The van der Waals surface area contributed by atoms with Crippen LogP contribution in [-0.2, 0) is 6.54 Å². The lowest BCUT2D eigenvalue weighted by Crippen LogP contribution is -2.06. The summed E-state index contributed by atoms with van der Waals surface area (Å²) in [6, 6.07) is 60.8. The highest BCUT2D eigenvalue weighted by atomic mass is 16.3. The average molecular weight is 668 g/mol. The zero-order valence-corrected chi connectivity index (χ0v) is 28.4. The summed E-state index contributed by atoms with van der Waals surface area (Å²) in [5.74, 6) is 1.05. The molecule has 9 aromatic rings. The van der Waals surface area contributed by atoms with E-state index in [2.05, 4.69) is 151 Å². The molecule has 0 amide bonds. The van der Waals surface area contributed by atoms with Gasteiger partial charge in [-0.25, -0.2) is 9.98 Å². The Balaban J connectivity index is 1.22. The summed E-state index contributed by atoms with van der Waals surface area (Å²) in [5.41, 5.74) is 8.81. The Bertz CT molecular complexity index is 2820. The van der Waals surface area contributed by atoms with Gasteiger partial charge in [0.2, 0.25) is 0 Å². The number of benzene rings is 8. The normalized spacial score (nSPS) is 12.2. The zero-order chi connectivity index (χ0) is 34.9. The Hall–Kier alpha value is -6.91. The maximum absolute atomic E-state index is 6.50. The number of fused-ring (bicyclic) bond motifs is 5. The van der Waals surface area contributed by atoms with E-state index in [9.17, 15) is 0 Å². The van der Waals surface area contributed by atoms with Gasteiger partial charge in [0.1, 0.15) is 11.2 Å². The summed E-state index contributed by atoms with van der Waals surface area (Å²) >= 11 is 0. The van der Waals surface area contributed by atoms with Crippen LogP contribution in [0.25, 0.3) is 65.7 Å². The first-order chi connectivity index (χ1) is 25.7. The van der Waals surface area contributed by atoms with Crippen LogP contribution in [0.5, 0.6) is 0 Å². The second kappa shape index (κ2) is 13.4. The fourth-order valence-corrected chi connectivity index (χ4v) is 7.16. The fraction of sp³-hybridized carbons (Fsp3) is 0.0208. The molecular weight excluding hydrogens is 635 g/mol. The SMILES string of the molecule is C=N/C(=N\C(=N/Cc1ccccc1)c1ccc(-c2cccc3ccccc23)cc1)c1cc(-c2cccc3ccccc23)cc2oc3ccccc3c12. The predicted molar refractivity (Wildman–Crippen MR) is 219 cm³/mol. The van der Waals surface area contributed by atoms with Gasteiger partial charge in [-0.3, -0.25) is 4.99 Å². The minimum Gasteiger partial charge on any atom is -0.456 e. The average Bonchev–Trinajstić information content (AvgIpc) is 3.59. The maximum atomic E-state index is 6.50. The van der Waals surface area contributed by atoms with Crippen molar-refractivity contribution in [3.8, 4) is 22.3 Å². The lowest BCUT2D eigenvalue weighted by Gasteiger charge is -2.12. The van der Waals surface area contributed by atoms with Crippen LogP contribution in [0.15, 0.2) is 195 Å². The lowest BCUT2D eigenvalue weighted by molar-refractivity contribution is 0.669. The van der Waals surface area contributed by atoms with Gasteiger partial charge in [0.15, 0.2) is 11.7 Å². The Kier molecular flexibility index (Phi) is 8.03. The predicted octanol–water partition coefficient (Wildman–Crippen LogP) is 12.3. The number of furan rings is 1. The van der Waals surface area contributed by atoms with Crippen molar-refractivity contribution in [3.63, 3.8) is 0 Å². The summed E-state index contributed by atoms with van der Waals surface area (Å²) in [7, 11) is 0.